The van der Waals surface area contributed by atoms with Crippen molar-refractivity contribution in [2.45, 2.75) is 19.5 Å². The number of halogens is 1. The minimum atomic E-state index is -0.162. The van der Waals surface area contributed by atoms with Crippen LogP contribution in [-0.4, -0.2) is 31.6 Å². The Morgan fingerprint density at radius 2 is 2.11 bits per heavy atom. The molecule has 4 heteroatoms. The van der Waals surface area contributed by atoms with Crippen molar-refractivity contribution in [3.63, 3.8) is 0 Å². The molecule has 0 aliphatic heterocycles. The van der Waals surface area contributed by atoms with E-state index in [1.807, 2.05) is 6.07 Å². The van der Waals surface area contributed by atoms with Gasteiger partial charge in [0, 0.05) is 28.7 Å². The van der Waals surface area contributed by atoms with Crippen molar-refractivity contribution in [1.29, 1.82) is 0 Å². The highest BCUT2D eigenvalue weighted by atomic mass is 32.1. The Bertz CT molecular complexity index is 521. The quantitative estimate of drug-likeness (QED) is 0.894. The summed E-state index contributed by atoms with van der Waals surface area (Å²) in [5.74, 6) is -0.162. The SMILES string of the molecule is CC(CN(C)C)NCc1cc2ccc(F)cc2s1. The largest absolute Gasteiger partial charge is 0.308 e. The van der Waals surface area contributed by atoms with Gasteiger partial charge in [0.2, 0.25) is 0 Å². The first-order chi connectivity index (χ1) is 8.54. The second-order valence-electron chi connectivity index (χ2n) is 4.94. The molecule has 2 aromatic rings. The van der Waals surface area contributed by atoms with Crippen LogP contribution in [0.2, 0.25) is 0 Å². The highest BCUT2D eigenvalue weighted by molar-refractivity contribution is 7.19. The first kappa shape index (κ1) is 13.5. The van der Waals surface area contributed by atoms with Crippen LogP contribution < -0.4 is 5.32 Å². The van der Waals surface area contributed by atoms with Gasteiger partial charge in [0.05, 0.1) is 0 Å². The van der Waals surface area contributed by atoms with Gasteiger partial charge in [-0.2, -0.15) is 0 Å². The maximum Gasteiger partial charge on any atom is 0.124 e. The van der Waals surface area contributed by atoms with Crippen LogP contribution in [0.3, 0.4) is 0 Å². The van der Waals surface area contributed by atoms with Gasteiger partial charge in [-0.25, -0.2) is 4.39 Å². The lowest BCUT2D eigenvalue weighted by atomic mass is 10.2. The number of rotatable bonds is 5. The van der Waals surface area contributed by atoms with Crippen LogP contribution in [0.15, 0.2) is 24.3 Å². The summed E-state index contributed by atoms with van der Waals surface area (Å²) in [4.78, 5) is 3.42. The summed E-state index contributed by atoms with van der Waals surface area (Å²) in [6, 6.07) is 7.54. The fourth-order valence-corrected chi connectivity index (χ4v) is 3.07. The fraction of sp³-hybridized carbons (Fsp3) is 0.429. The molecular weight excluding hydrogens is 247 g/mol. The Morgan fingerprint density at radius 3 is 2.83 bits per heavy atom. The fourth-order valence-electron chi connectivity index (χ4n) is 2.03. The van der Waals surface area contributed by atoms with Crippen LogP contribution in [0.1, 0.15) is 11.8 Å². The van der Waals surface area contributed by atoms with Crippen molar-refractivity contribution in [1.82, 2.24) is 10.2 Å². The van der Waals surface area contributed by atoms with E-state index in [1.54, 1.807) is 17.4 Å². The third-order valence-electron chi connectivity index (χ3n) is 2.80. The van der Waals surface area contributed by atoms with Gasteiger partial charge in [0.1, 0.15) is 5.82 Å². The molecule has 2 nitrogen and oxygen atoms in total. The van der Waals surface area contributed by atoms with Gasteiger partial charge in [0.25, 0.3) is 0 Å². The van der Waals surface area contributed by atoms with E-state index >= 15 is 0 Å². The van der Waals surface area contributed by atoms with E-state index in [0.717, 1.165) is 23.2 Å². The van der Waals surface area contributed by atoms with Crippen molar-refractivity contribution in [3.8, 4) is 0 Å². The van der Waals surface area contributed by atoms with E-state index in [4.69, 9.17) is 0 Å². The van der Waals surface area contributed by atoms with Gasteiger partial charge in [-0.3, -0.25) is 0 Å². The van der Waals surface area contributed by atoms with Crippen molar-refractivity contribution >= 4 is 21.4 Å². The number of likely N-dealkylation sites (N-methyl/N-ethyl adjacent to an activating group) is 1. The highest BCUT2D eigenvalue weighted by Crippen LogP contribution is 2.26. The number of thiophene rings is 1. The zero-order chi connectivity index (χ0) is 13.1. The smallest absolute Gasteiger partial charge is 0.124 e. The summed E-state index contributed by atoms with van der Waals surface area (Å²) < 4.78 is 14.1. The molecule has 0 amide bonds. The molecule has 0 aliphatic carbocycles. The first-order valence-electron chi connectivity index (χ1n) is 6.10. The lowest BCUT2D eigenvalue weighted by Crippen LogP contribution is -2.35. The van der Waals surface area contributed by atoms with Crippen LogP contribution >= 0.6 is 11.3 Å². The molecular formula is C14H19FN2S. The van der Waals surface area contributed by atoms with Gasteiger partial charge in [-0.15, -0.1) is 11.3 Å². The van der Waals surface area contributed by atoms with Crippen molar-refractivity contribution in [2.75, 3.05) is 20.6 Å². The Morgan fingerprint density at radius 1 is 1.33 bits per heavy atom. The van der Waals surface area contributed by atoms with Crippen LogP contribution in [-0.2, 0) is 6.54 Å². The molecule has 0 saturated heterocycles. The van der Waals surface area contributed by atoms with E-state index < -0.39 is 0 Å². The summed E-state index contributed by atoms with van der Waals surface area (Å²) in [5, 5.41) is 4.60. The lowest BCUT2D eigenvalue weighted by molar-refractivity contribution is 0.349. The topological polar surface area (TPSA) is 15.3 Å². The highest BCUT2D eigenvalue weighted by Gasteiger charge is 2.06. The minimum Gasteiger partial charge on any atom is -0.308 e. The monoisotopic (exact) mass is 266 g/mol. The number of benzene rings is 1. The van der Waals surface area contributed by atoms with Crippen molar-refractivity contribution in [2.24, 2.45) is 0 Å². The average Bonchev–Trinajstić information content (AvgIpc) is 2.67. The zero-order valence-electron chi connectivity index (χ0n) is 11.0. The second kappa shape index (κ2) is 5.78. The van der Waals surface area contributed by atoms with Gasteiger partial charge in [-0.05, 0) is 44.6 Å². The second-order valence-corrected chi connectivity index (χ2v) is 6.11. The number of fused-ring (bicyclic) bond motifs is 1. The van der Waals surface area contributed by atoms with E-state index in [1.165, 1.54) is 10.9 Å². The predicted molar refractivity (Wildman–Crippen MR) is 76.6 cm³/mol. The van der Waals surface area contributed by atoms with E-state index in [-0.39, 0.29) is 5.82 Å². The predicted octanol–water partition coefficient (Wildman–Crippen LogP) is 3.08. The minimum absolute atomic E-state index is 0.162. The molecule has 0 radical (unpaired) electrons. The molecule has 0 spiro atoms. The molecule has 0 fully saturated rings. The van der Waals surface area contributed by atoms with Gasteiger partial charge in [-0.1, -0.05) is 6.07 Å². The number of hydrogen-bond donors (Lipinski definition) is 1. The Balaban J connectivity index is 1.99. The normalized spacial score (nSPS) is 13.4. The Kier molecular flexibility index (Phi) is 4.32. The van der Waals surface area contributed by atoms with E-state index in [2.05, 4.69) is 37.3 Å². The lowest BCUT2D eigenvalue weighted by Gasteiger charge is -2.17. The van der Waals surface area contributed by atoms with Crippen LogP contribution in [0, 0.1) is 5.82 Å². The van der Waals surface area contributed by atoms with Gasteiger partial charge >= 0.3 is 0 Å². The first-order valence-corrected chi connectivity index (χ1v) is 6.92. The maximum atomic E-state index is 13.1. The van der Waals surface area contributed by atoms with E-state index in [9.17, 15) is 4.39 Å². The molecule has 0 bridgehead atoms. The third-order valence-corrected chi connectivity index (χ3v) is 3.89. The van der Waals surface area contributed by atoms with Crippen molar-refractivity contribution < 1.29 is 4.39 Å². The summed E-state index contributed by atoms with van der Waals surface area (Å²) in [6.07, 6.45) is 0. The molecule has 1 aromatic heterocycles. The summed E-state index contributed by atoms with van der Waals surface area (Å²) >= 11 is 1.66. The van der Waals surface area contributed by atoms with Gasteiger partial charge < -0.3 is 10.2 Å². The third kappa shape index (κ3) is 3.51. The average molecular weight is 266 g/mol. The molecule has 18 heavy (non-hydrogen) atoms. The molecule has 98 valence electrons. The molecule has 1 unspecified atom stereocenters. The maximum absolute atomic E-state index is 13.1. The summed E-state index contributed by atoms with van der Waals surface area (Å²) in [7, 11) is 4.14. The summed E-state index contributed by atoms with van der Waals surface area (Å²) in [6.45, 7) is 4.03. The molecule has 2 rings (SSSR count). The van der Waals surface area contributed by atoms with Crippen LogP contribution in [0.25, 0.3) is 10.1 Å². The number of nitrogens with zero attached hydrogens (tertiary/aromatic N) is 1. The molecule has 0 saturated carbocycles. The zero-order valence-corrected chi connectivity index (χ0v) is 11.9. The molecule has 1 atom stereocenters. The summed E-state index contributed by atoms with van der Waals surface area (Å²) in [5.41, 5.74) is 0. The molecule has 1 heterocycles. The van der Waals surface area contributed by atoms with E-state index in [0.29, 0.717) is 6.04 Å². The van der Waals surface area contributed by atoms with Crippen LogP contribution in [0.5, 0.6) is 0 Å². The number of nitrogens with one attached hydrogen (secondary N) is 1. The van der Waals surface area contributed by atoms with Crippen molar-refractivity contribution in [3.05, 3.63) is 35.0 Å². The Labute approximate surface area is 111 Å². The standard InChI is InChI=1S/C14H19FN2S/c1-10(9-17(2)3)16-8-13-6-11-4-5-12(15)7-14(11)18-13/h4-7,10,16H,8-9H2,1-3H3. The number of hydrogen-bond acceptors (Lipinski definition) is 3. The van der Waals surface area contributed by atoms with Crippen LogP contribution in [0.4, 0.5) is 4.39 Å². The molecule has 0 aliphatic rings. The molecule has 1 N–H and O–H groups in total. The molecule has 1 aromatic carbocycles. The Hall–Kier alpha value is -0.970. The van der Waals surface area contributed by atoms with Gasteiger partial charge in [0.15, 0.2) is 0 Å².